The fourth-order valence-electron chi connectivity index (χ4n) is 2.70. The maximum atomic E-state index is 9.24. The molecule has 0 spiro atoms. The molecule has 2 fully saturated rings. The van der Waals surface area contributed by atoms with E-state index in [1.165, 1.54) is 38.9 Å². The van der Waals surface area contributed by atoms with E-state index in [0.717, 1.165) is 12.8 Å². The quantitative estimate of drug-likeness (QED) is 0.732. The molecule has 1 saturated carbocycles. The molecule has 0 bridgehead atoms. The number of hydrogen-bond donors (Lipinski definition) is 2. The predicted molar refractivity (Wildman–Crippen MR) is 61.9 cm³/mol. The van der Waals surface area contributed by atoms with Crippen LogP contribution in [0.5, 0.6) is 0 Å². The number of aliphatic hydroxyl groups is 1. The van der Waals surface area contributed by atoms with Gasteiger partial charge in [0, 0.05) is 12.1 Å². The Morgan fingerprint density at radius 2 is 2.00 bits per heavy atom. The van der Waals surface area contributed by atoms with Crippen molar-refractivity contribution in [2.24, 2.45) is 0 Å². The van der Waals surface area contributed by atoms with E-state index in [2.05, 4.69) is 17.1 Å². The monoisotopic (exact) mass is 212 g/mol. The fourth-order valence-corrected chi connectivity index (χ4v) is 2.70. The fraction of sp³-hybridized carbons (Fsp3) is 1.00. The molecule has 88 valence electrons. The predicted octanol–water partition coefficient (Wildman–Crippen LogP) is 0.974. The molecule has 2 aliphatic rings. The Balaban J connectivity index is 1.69. The van der Waals surface area contributed by atoms with Gasteiger partial charge in [-0.05, 0) is 51.7 Å². The van der Waals surface area contributed by atoms with Crippen LogP contribution < -0.4 is 5.32 Å². The summed E-state index contributed by atoms with van der Waals surface area (Å²) in [6.07, 6.45) is 5.81. The normalized spacial score (nSPS) is 38.4. The van der Waals surface area contributed by atoms with Crippen molar-refractivity contribution < 1.29 is 5.11 Å². The molecule has 1 unspecified atom stereocenters. The minimum atomic E-state index is -0.0274. The Labute approximate surface area is 92.8 Å². The van der Waals surface area contributed by atoms with E-state index in [1.54, 1.807) is 0 Å². The maximum Gasteiger partial charge on any atom is 0.0570 e. The van der Waals surface area contributed by atoms with Crippen LogP contribution in [0.25, 0.3) is 0 Å². The van der Waals surface area contributed by atoms with Crippen LogP contribution in [0.3, 0.4) is 0 Å². The smallest absolute Gasteiger partial charge is 0.0570 e. The molecule has 0 aromatic rings. The minimum absolute atomic E-state index is 0.0274. The summed E-state index contributed by atoms with van der Waals surface area (Å²) in [7, 11) is 0. The SMILES string of the molecule is CCN1CCCC(NC2CC(O)C2)CC1. The molecular weight excluding hydrogens is 188 g/mol. The first-order valence-corrected chi connectivity index (χ1v) is 6.44. The van der Waals surface area contributed by atoms with Crippen LogP contribution in [0.15, 0.2) is 0 Å². The number of rotatable bonds is 3. The molecule has 1 atom stereocenters. The van der Waals surface area contributed by atoms with E-state index in [1.807, 2.05) is 0 Å². The summed E-state index contributed by atoms with van der Waals surface area (Å²) in [5.74, 6) is 0. The number of nitrogens with one attached hydrogen (secondary N) is 1. The van der Waals surface area contributed by atoms with Crippen molar-refractivity contribution in [3.8, 4) is 0 Å². The second-order valence-electron chi connectivity index (χ2n) is 5.05. The van der Waals surface area contributed by atoms with Crippen molar-refractivity contribution in [2.75, 3.05) is 19.6 Å². The van der Waals surface area contributed by atoms with Gasteiger partial charge in [-0.15, -0.1) is 0 Å². The zero-order valence-electron chi connectivity index (χ0n) is 9.78. The first-order valence-electron chi connectivity index (χ1n) is 6.44. The van der Waals surface area contributed by atoms with Gasteiger partial charge in [0.2, 0.25) is 0 Å². The van der Waals surface area contributed by atoms with Crippen molar-refractivity contribution in [3.63, 3.8) is 0 Å². The molecule has 1 heterocycles. The highest BCUT2D eigenvalue weighted by molar-refractivity contribution is 4.88. The summed E-state index contributed by atoms with van der Waals surface area (Å²) in [4.78, 5) is 2.54. The van der Waals surface area contributed by atoms with Gasteiger partial charge in [0.05, 0.1) is 6.10 Å². The van der Waals surface area contributed by atoms with E-state index in [9.17, 15) is 5.11 Å². The number of hydrogen-bond acceptors (Lipinski definition) is 3. The molecule has 0 radical (unpaired) electrons. The van der Waals surface area contributed by atoms with Crippen molar-refractivity contribution in [1.82, 2.24) is 10.2 Å². The molecule has 2 rings (SSSR count). The third kappa shape index (κ3) is 3.16. The van der Waals surface area contributed by atoms with Crippen LogP contribution in [0.2, 0.25) is 0 Å². The lowest BCUT2D eigenvalue weighted by Crippen LogP contribution is -2.48. The van der Waals surface area contributed by atoms with E-state index in [-0.39, 0.29) is 6.10 Å². The molecule has 0 aromatic heterocycles. The van der Waals surface area contributed by atoms with Gasteiger partial charge < -0.3 is 15.3 Å². The van der Waals surface area contributed by atoms with Gasteiger partial charge in [-0.1, -0.05) is 6.92 Å². The summed E-state index contributed by atoms with van der Waals surface area (Å²) in [6, 6.07) is 1.29. The molecule has 1 saturated heterocycles. The van der Waals surface area contributed by atoms with Crippen molar-refractivity contribution in [2.45, 2.75) is 57.2 Å². The standard InChI is InChI=1S/C12H24N2O/c1-2-14-6-3-4-10(5-7-14)13-11-8-12(15)9-11/h10-13,15H,2-9H2,1H3. The lowest BCUT2D eigenvalue weighted by molar-refractivity contribution is 0.0568. The summed E-state index contributed by atoms with van der Waals surface area (Å²) >= 11 is 0. The summed E-state index contributed by atoms with van der Waals surface area (Å²) < 4.78 is 0. The van der Waals surface area contributed by atoms with Gasteiger partial charge in [0.15, 0.2) is 0 Å². The van der Waals surface area contributed by atoms with E-state index in [4.69, 9.17) is 0 Å². The van der Waals surface area contributed by atoms with Gasteiger partial charge >= 0.3 is 0 Å². The van der Waals surface area contributed by atoms with E-state index in [0.29, 0.717) is 12.1 Å². The van der Waals surface area contributed by atoms with E-state index < -0.39 is 0 Å². The van der Waals surface area contributed by atoms with Crippen LogP contribution in [-0.2, 0) is 0 Å². The third-order valence-electron chi connectivity index (χ3n) is 3.85. The average molecular weight is 212 g/mol. The van der Waals surface area contributed by atoms with Gasteiger partial charge in [-0.25, -0.2) is 0 Å². The van der Waals surface area contributed by atoms with E-state index >= 15 is 0 Å². The highest BCUT2D eigenvalue weighted by Crippen LogP contribution is 2.22. The Morgan fingerprint density at radius 3 is 2.67 bits per heavy atom. The van der Waals surface area contributed by atoms with Crippen molar-refractivity contribution in [1.29, 1.82) is 0 Å². The average Bonchev–Trinajstić information content (AvgIpc) is 2.41. The van der Waals surface area contributed by atoms with Gasteiger partial charge in [-0.3, -0.25) is 0 Å². The zero-order chi connectivity index (χ0) is 10.7. The van der Waals surface area contributed by atoms with Crippen LogP contribution >= 0.6 is 0 Å². The Hall–Kier alpha value is -0.120. The van der Waals surface area contributed by atoms with Gasteiger partial charge in [-0.2, -0.15) is 0 Å². The summed E-state index contributed by atoms with van der Waals surface area (Å²) in [6.45, 7) is 5.94. The molecule has 0 amide bonds. The highest BCUT2D eigenvalue weighted by atomic mass is 16.3. The molecule has 0 aromatic carbocycles. The molecule has 2 N–H and O–H groups in total. The summed E-state index contributed by atoms with van der Waals surface area (Å²) in [5.41, 5.74) is 0. The van der Waals surface area contributed by atoms with Gasteiger partial charge in [0.25, 0.3) is 0 Å². The Morgan fingerprint density at radius 1 is 1.20 bits per heavy atom. The van der Waals surface area contributed by atoms with Crippen LogP contribution in [0, 0.1) is 0 Å². The van der Waals surface area contributed by atoms with Crippen LogP contribution in [0.1, 0.15) is 39.0 Å². The first kappa shape index (κ1) is 11.4. The Bertz CT molecular complexity index is 192. The molecule has 15 heavy (non-hydrogen) atoms. The molecule has 3 heteroatoms. The minimum Gasteiger partial charge on any atom is -0.393 e. The van der Waals surface area contributed by atoms with Crippen molar-refractivity contribution in [3.05, 3.63) is 0 Å². The largest absolute Gasteiger partial charge is 0.393 e. The lowest BCUT2D eigenvalue weighted by Gasteiger charge is -2.35. The number of nitrogens with zero attached hydrogens (tertiary/aromatic N) is 1. The molecular formula is C12H24N2O. The maximum absolute atomic E-state index is 9.24. The van der Waals surface area contributed by atoms with Crippen LogP contribution in [0.4, 0.5) is 0 Å². The van der Waals surface area contributed by atoms with Crippen LogP contribution in [-0.4, -0.2) is 47.8 Å². The second kappa shape index (κ2) is 5.28. The molecule has 1 aliphatic carbocycles. The van der Waals surface area contributed by atoms with Gasteiger partial charge in [0.1, 0.15) is 0 Å². The number of aliphatic hydroxyl groups excluding tert-OH is 1. The third-order valence-corrected chi connectivity index (χ3v) is 3.85. The highest BCUT2D eigenvalue weighted by Gasteiger charge is 2.29. The number of likely N-dealkylation sites (tertiary alicyclic amines) is 1. The zero-order valence-corrected chi connectivity index (χ0v) is 9.78. The lowest BCUT2D eigenvalue weighted by atomic mass is 9.88. The molecule has 3 nitrogen and oxygen atoms in total. The molecule has 1 aliphatic heterocycles. The second-order valence-corrected chi connectivity index (χ2v) is 5.05. The summed E-state index contributed by atoms with van der Waals surface area (Å²) in [5, 5.41) is 12.9. The first-order chi connectivity index (χ1) is 7.28. The topological polar surface area (TPSA) is 35.5 Å². The van der Waals surface area contributed by atoms with Crippen molar-refractivity contribution >= 4 is 0 Å². The Kier molecular flexibility index (Phi) is 4.00.